The molecule has 0 unspecified atom stereocenters. The van der Waals surface area contributed by atoms with Crippen molar-refractivity contribution in [1.29, 1.82) is 0 Å². The summed E-state index contributed by atoms with van der Waals surface area (Å²) >= 11 is 0. The Morgan fingerprint density at radius 1 is 0.952 bits per heavy atom. The van der Waals surface area contributed by atoms with Crippen LogP contribution in [0.3, 0.4) is 0 Å². The van der Waals surface area contributed by atoms with Gasteiger partial charge >= 0.3 is 0 Å². The van der Waals surface area contributed by atoms with Crippen molar-refractivity contribution in [1.82, 2.24) is 0 Å². The number of hydrogen-bond donors (Lipinski definition) is 0. The zero-order chi connectivity index (χ0) is 14.7. The van der Waals surface area contributed by atoms with Crippen molar-refractivity contribution in [2.24, 2.45) is 5.92 Å². The molecule has 0 atom stereocenters. The van der Waals surface area contributed by atoms with Crippen LogP contribution in [0.2, 0.25) is 0 Å². The minimum Gasteiger partial charge on any atom is -0.493 e. The van der Waals surface area contributed by atoms with Crippen molar-refractivity contribution in [3.05, 3.63) is 64.7 Å². The van der Waals surface area contributed by atoms with E-state index in [-0.39, 0.29) is 0 Å². The van der Waals surface area contributed by atoms with Crippen molar-refractivity contribution in [3.63, 3.8) is 0 Å². The van der Waals surface area contributed by atoms with E-state index in [0.717, 1.165) is 31.1 Å². The molecule has 0 bridgehead atoms. The van der Waals surface area contributed by atoms with Crippen LogP contribution in [0.5, 0.6) is 5.75 Å². The largest absolute Gasteiger partial charge is 0.493 e. The van der Waals surface area contributed by atoms with E-state index in [4.69, 9.17) is 4.74 Å². The second-order valence-electron chi connectivity index (χ2n) is 6.33. The van der Waals surface area contributed by atoms with E-state index in [0.29, 0.717) is 0 Å². The highest BCUT2D eigenvalue weighted by molar-refractivity contribution is 5.35. The van der Waals surface area contributed by atoms with Gasteiger partial charge in [0.05, 0.1) is 6.61 Å². The third-order valence-electron chi connectivity index (χ3n) is 4.30. The number of benzene rings is 2. The first-order valence-electron chi connectivity index (χ1n) is 7.98. The van der Waals surface area contributed by atoms with Crippen LogP contribution in [-0.2, 0) is 12.8 Å². The third kappa shape index (κ3) is 4.10. The van der Waals surface area contributed by atoms with Crippen molar-refractivity contribution < 1.29 is 4.74 Å². The highest BCUT2D eigenvalue weighted by atomic mass is 16.5. The maximum absolute atomic E-state index is 5.84. The van der Waals surface area contributed by atoms with Crippen molar-refractivity contribution in [2.75, 3.05) is 6.61 Å². The van der Waals surface area contributed by atoms with E-state index in [2.05, 4.69) is 56.3 Å². The molecule has 110 valence electrons. The van der Waals surface area contributed by atoms with Crippen LogP contribution in [0.4, 0.5) is 0 Å². The van der Waals surface area contributed by atoms with Gasteiger partial charge in [0.1, 0.15) is 5.75 Å². The monoisotopic (exact) mass is 280 g/mol. The van der Waals surface area contributed by atoms with E-state index < -0.39 is 0 Å². The molecule has 1 aliphatic rings. The Labute approximate surface area is 128 Å². The quantitative estimate of drug-likeness (QED) is 0.733. The predicted molar refractivity (Wildman–Crippen MR) is 88.0 cm³/mol. The van der Waals surface area contributed by atoms with E-state index in [1.807, 2.05) is 0 Å². The summed E-state index contributed by atoms with van der Waals surface area (Å²) in [5, 5.41) is 0. The Balaban J connectivity index is 1.58. The smallest absolute Gasteiger partial charge is 0.119 e. The van der Waals surface area contributed by atoms with Crippen LogP contribution in [0.25, 0.3) is 0 Å². The van der Waals surface area contributed by atoms with Crippen molar-refractivity contribution >= 4 is 0 Å². The van der Waals surface area contributed by atoms with Gasteiger partial charge in [-0.05, 0) is 74.3 Å². The average molecular weight is 280 g/mol. The summed E-state index contributed by atoms with van der Waals surface area (Å²) < 4.78 is 5.84. The number of hydrogen-bond acceptors (Lipinski definition) is 1. The summed E-state index contributed by atoms with van der Waals surface area (Å²) in [4.78, 5) is 0. The van der Waals surface area contributed by atoms with Gasteiger partial charge < -0.3 is 4.74 Å². The topological polar surface area (TPSA) is 9.23 Å². The predicted octanol–water partition coefficient (Wildman–Crippen LogP) is 4.88. The molecule has 0 aliphatic heterocycles. The van der Waals surface area contributed by atoms with Crippen LogP contribution in [-0.4, -0.2) is 6.61 Å². The molecule has 0 spiro atoms. The number of ether oxygens (including phenoxy) is 1. The Morgan fingerprint density at radius 2 is 1.71 bits per heavy atom. The van der Waals surface area contributed by atoms with Crippen LogP contribution in [0.15, 0.2) is 42.5 Å². The molecular formula is C20H24O. The van der Waals surface area contributed by atoms with Gasteiger partial charge in [-0.1, -0.05) is 35.9 Å². The SMILES string of the molecule is Cc1ccc(CCc2ccc(OCC3CC3)cc2C)cc1. The molecule has 0 heterocycles. The first-order chi connectivity index (χ1) is 10.2. The minimum absolute atomic E-state index is 0.812. The minimum atomic E-state index is 0.812. The van der Waals surface area contributed by atoms with Crippen LogP contribution < -0.4 is 4.74 Å². The van der Waals surface area contributed by atoms with Gasteiger partial charge in [-0.3, -0.25) is 0 Å². The Bertz CT molecular complexity index is 594. The lowest BCUT2D eigenvalue weighted by molar-refractivity contribution is 0.299. The van der Waals surface area contributed by atoms with Crippen LogP contribution >= 0.6 is 0 Å². The van der Waals surface area contributed by atoms with Gasteiger partial charge in [0.25, 0.3) is 0 Å². The molecule has 0 radical (unpaired) electrons. The normalized spacial score (nSPS) is 14.2. The van der Waals surface area contributed by atoms with Crippen molar-refractivity contribution in [2.45, 2.75) is 39.5 Å². The molecule has 1 saturated carbocycles. The molecule has 0 amide bonds. The average Bonchev–Trinajstić information content (AvgIpc) is 3.30. The van der Waals surface area contributed by atoms with E-state index in [1.165, 1.54) is 35.1 Å². The molecule has 1 nitrogen and oxygen atoms in total. The first kappa shape index (κ1) is 14.2. The molecule has 0 N–H and O–H groups in total. The molecule has 2 aromatic rings. The Hall–Kier alpha value is -1.76. The van der Waals surface area contributed by atoms with Gasteiger partial charge in [0.2, 0.25) is 0 Å². The van der Waals surface area contributed by atoms with Crippen molar-refractivity contribution in [3.8, 4) is 5.75 Å². The fourth-order valence-corrected chi connectivity index (χ4v) is 2.57. The lowest BCUT2D eigenvalue weighted by atomic mass is 10.00. The fraction of sp³-hybridized carbons (Fsp3) is 0.400. The molecule has 0 aromatic heterocycles. The van der Waals surface area contributed by atoms with E-state index in [9.17, 15) is 0 Å². The molecule has 3 rings (SSSR count). The zero-order valence-electron chi connectivity index (χ0n) is 13.1. The van der Waals surface area contributed by atoms with Gasteiger partial charge in [-0.25, -0.2) is 0 Å². The third-order valence-corrected chi connectivity index (χ3v) is 4.30. The summed E-state index contributed by atoms with van der Waals surface area (Å²) in [5.41, 5.74) is 5.51. The van der Waals surface area contributed by atoms with Gasteiger partial charge in [-0.15, -0.1) is 0 Å². The Morgan fingerprint density at radius 3 is 2.38 bits per heavy atom. The molecule has 2 aromatic carbocycles. The zero-order valence-corrected chi connectivity index (χ0v) is 13.1. The van der Waals surface area contributed by atoms with Crippen LogP contribution in [0, 0.1) is 19.8 Å². The number of rotatable bonds is 6. The Kier molecular flexibility index (Phi) is 4.28. The molecule has 1 fully saturated rings. The number of aryl methyl sites for hydroxylation is 4. The summed E-state index contributed by atoms with van der Waals surface area (Å²) in [7, 11) is 0. The maximum atomic E-state index is 5.84. The van der Waals surface area contributed by atoms with E-state index >= 15 is 0 Å². The van der Waals surface area contributed by atoms with Gasteiger partial charge in [-0.2, -0.15) is 0 Å². The van der Waals surface area contributed by atoms with Crippen LogP contribution in [0.1, 0.15) is 35.1 Å². The summed E-state index contributed by atoms with van der Waals surface area (Å²) in [6, 6.07) is 15.4. The highest BCUT2D eigenvalue weighted by Gasteiger charge is 2.21. The molecule has 1 aliphatic carbocycles. The molecule has 21 heavy (non-hydrogen) atoms. The molecule has 0 saturated heterocycles. The second-order valence-corrected chi connectivity index (χ2v) is 6.33. The lowest BCUT2D eigenvalue weighted by Gasteiger charge is -2.10. The molecular weight excluding hydrogens is 256 g/mol. The van der Waals surface area contributed by atoms with Gasteiger partial charge in [0.15, 0.2) is 0 Å². The summed E-state index contributed by atoms with van der Waals surface area (Å²) in [5.74, 6) is 1.84. The van der Waals surface area contributed by atoms with Gasteiger partial charge in [0, 0.05) is 0 Å². The molecule has 1 heteroatoms. The highest BCUT2D eigenvalue weighted by Crippen LogP contribution is 2.30. The first-order valence-corrected chi connectivity index (χ1v) is 7.98. The summed E-state index contributed by atoms with van der Waals surface area (Å²) in [6.45, 7) is 5.21. The maximum Gasteiger partial charge on any atom is 0.119 e. The summed E-state index contributed by atoms with van der Waals surface area (Å²) in [6.07, 6.45) is 4.88. The standard InChI is InChI=1S/C20H24O/c1-15-3-5-17(6-4-15)9-10-19-11-12-20(13-16(19)2)21-14-18-7-8-18/h3-6,11-13,18H,7-10,14H2,1-2H3. The fourth-order valence-electron chi connectivity index (χ4n) is 2.57. The second kappa shape index (κ2) is 6.34. The lowest BCUT2D eigenvalue weighted by Crippen LogP contribution is -2.00. The van der Waals surface area contributed by atoms with E-state index in [1.54, 1.807) is 0 Å².